The van der Waals surface area contributed by atoms with Gasteiger partial charge < -0.3 is 14.8 Å². The number of hydrogen-bond acceptors (Lipinski definition) is 6. The monoisotopic (exact) mass is 349 g/mol. The molecule has 1 N–H and O–H groups in total. The van der Waals surface area contributed by atoms with Gasteiger partial charge in [-0.1, -0.05) is 0 Å². The van der Waals surface area contributed by atoms with E-state index >= 15 is 0 Å². The van der Waals surface area contributed by atoms with Crippen molar-refractivity contribution in [1.82, 2.24) is 15.3 Å². The zero-order valence-corrected chi connectivity index (χ0v) is 13.6. The molecule has 1 aromatic rings. The molecule has 7 nitrogen and oxygen atoms in total. The van der Waals surface area contributed by atoms with Gasteiger partial charge in [-0.25, -0.2) is 19.6 Å². The summed E-state index contributed by atoms with van der Waals surface area (Å²) in [5, 5.41) is 2.30. The minimum Gasteiger partial charge on any atom is -0.467 e. The molecule has 134 valence electrons. The molecule has 0 aliphatic rings. The highest BCUT2D eigenvalue weighted by Gasteiger charge is 2.34. The molecule has 0 spiro atoms. The van der Waals surface area contributed by atoms with E-state index in [-0.39, 0.29) is 12.0 Å². The number of alkyl carbamates (subject to hydrolysis) is 1. The first kappa shape index (κ1) is 19.7. The normalized spacial score (nSPS) is 13.1. The topological polar surface area (TPSA) is 90.4 Å². The molecule has 0 aliphatic heterocycles. The Morgan fingerprint density at radius 2 is 1.75 bits per heavy atom. The van der Waals surface area contributed by atoms with Gasteiger partial charge in [-0.3, -0.25) is 0 Å². The summed E-state index contributed by atoms with van der Waals surface area (Å²) < 4.78 is 46.9. The van der Waals surface area contributed by atoms with Gasteiger partial charge in [-0.2, -0.15) is 13.2 Å². The van der Waals surface area contributed by atoms with Gasteiger partial charge >= 0.3 is 18.2 Å². The third kappa shape index (κ3) is 6.39. The quantitative estimate of drug-likeness (QED) is 0.837. The lowest BCUT2D eigenvalue weighted by atomic mass is 10.1. The largest absolute Gasteiger partial charge is 0.467 e. The second-order valence-corrected chi connectivity index (χ2v) is 5.84. The highest BCUT2D eigenvalue weighted by molar-refractivity contribution is 5.81. The summed E-state index contributed by atoms with van der Waals surface area (Å²) in [7, 11) is 1.12. The number of hydrogen-bond donors (Lipinski definition) is 1. The van der Waals surface area contributed by atoms with E-state index in [1.54, 1.807) is 20.8 Å². The molecule has 0 bridgehead atoms. The molecule has 10 heteroatoms. The number of methoxy groups -OCH3 is 1. The summed E-state index contributed by atoms with van der Waals surface area (Å²) >= 11 is 0. The molecule has 1 amide bonds. The van der Waals surface area contributed by atoms with Crippen molar-refractivity contribution in [3.05, 3.63) is 23.8 Å². The fourth-order valence-corrected chi connectivity index (χ4v) is 1.63. The number of nitrogens with zero attached hydrogens (tertiary/aromatic N) is 2. The summed E-state index contributed by atoms with van der Waals surface area (Å²) in [6.07, 6.45) is -3.80. The van der Waals surface area contributed by atoms with Crippen molar-refractivity contribution in [1.29, 1.82) is 0 Å². The molecular weight excluding hydrogens is 331 g/mol. The fraction of sp³-hybridized carbons (Fsp3) is 0.571. The summed E-state index contributed by atoms with van der Waals surface area (Å²) in [6.45, 7) is 4.93. The van der Waals surface area contributed by atoms with Gasteiger partial charge in [0.05, 0.1) is 7.11 Å². The van der Waals surface area contributed by atoms with Crippen molar-refractivity contribution in [2.24, 2.45) is 0 Å². The van der Waals surface area contributed by atoms with Crippen LogP contribution in [-0.4, -0.2) is 40.8 Å². The smallest absolute Gasteiger partial charge is 0.451 e. The predicted molar refractivity (Wildman–Crippen MR) is 75.9 cm³/mol. The maximum atomic E-state index is 12.4. The fourth-order valence-electron chi connectivity index (χ4n) is 1.63. The zero-order chi connectivity index (χ0) is 18.5. The van der Waals surface area contributed by atoms with Crippen LogP contribution in [0.1, 0.15) is 32.2 Å². The highest BCUT2D eigenvalue weighted by atomic mass is 19.4. The Bertz CT molecular complexity index is 582. The number of nitrogens with one attached hydrogen (secondary N) is 1. The Hall–Kier alpha value is -2.39. The molecular formula is C14H18F3N3O4. The third-order valence-electron chi connectivity index (χ3n) is 2.58. The average molecular weight is 349 g/mol. The molecule has 1 heterocycles. The van der Waals surface area contributed by atoms with Crippen LogP contribution in [0.2, 0.25) is 0 Å². The van der Waals surface area contributed by atoms with Crippen molar-refractivity contribution >= 4 is 12.1 Å². The van der Waals surface area contributed by atoms with Crippen molar-refractivity contribution < 1.29 is 32.2 Å². The molecule has 1 atom stereocenters. The van der Waals surface area contributed by atoms with E-state index in [1.807, 2.05) is 0 Å². The molecule has 0 aliphatic carbocycles. The number of halogens is 3. The maximum Gasteiger partial charge on any atom is 0.451 e. The molecule has 0 aromatic carbocycles. The van der Waals surface area contributed by atoms with E-state index in [4.69, 9.17) is 4.74 Å². The molecule has 0 radical (unpaired) electrons. The SMILES string of the molecule is COC(=O)[C@H](Cc1cnc(C(F)(F)F)nc1)NC(=O)OC(C)(C)C. The Morgan fingerprint density at radius 3 is 2.17 bits per heavy atom. The van der Waals surface area contributed by atoms with Gasteiger partial charge in [0.25, 0.3) is 0 Å². The summed E-state index contributed by atoms with van der Waals surface area (Å²) in [6, 6.07) is -1.15. The number of carbonyl (C=O) groups is 2. The van der Waals surface area contributed by atoms with E-state index in [2.05, 4.69) is 20.0 Å². The van der Waals surface area contributed by atoms with Gasteiger partial charge in [-0.15, -0.1) is 0 Å². The van der Waals surface area contributed by atoms with E-state index < -0.39 is 35.7 Å². The first-order chi connectivity index (χ1) is 10.9. The molecule has 1 rings (SSSR count). The van der Waals surface area contributed by atoms with Crippen molar-refractivity contribution in [3.8, 4) is 0 Å². The first-order valence-corrected chi connectivity index (χ1v) is 6.88. The number of esters is 1. The van der Waals surface area contributed by atoms with E-state index in [0.29, 0.717) is 0 Å². The van der Waals surface area contributed by atoms with Crippen LogP contribution in [0.4, 0.5) is 18.0 Å². The Kier molecular flexibility index (Phi) is 6.10. The lowest BCUT2D eigenvalue weighted by Crippen LogP contribution is -2.45. The van der Waals surface area contributed by atoms with Crippen LogP contribution in [0.5, 0.6) is 0 Å². The lowest BCUT2D eigenvalue weighted by molar-refractivity contribution is -0.145. The van der Waals surface area contributed by atoms with Gasteiger partial charge in [0.2, 0.25) is 5.82 Å². The van der Waals surface area contributed by atoms with Crippen LogP contribution in [0.15, 0.2) is 12.4 Å². The number of amides is 1. The minimum atomic E-state index is -4.66. The van der Waals surface area contributed by atoms with Crippen molar-refractivity contribution in [2.75, 3.05) is 7.11 Å². The predicted octanol–water partition coefficient (Wildman–Crippen LogP) is 2.10. The number of aromatic nitrogens is 2. The summed E-state index contributed by atoms with van der Waals surface area (Å²) in [5.41, 5.74) is -0.558. The first-order valence-electron chi connectivity index (χ1n) is 6.88. The zero-order valence-electron chi connectivity index (χ0n) is 13.6. The Labute approximate surface area is 136 Å². The van der Waals surface area contributed by atoms with E-state index in [1.165, 1.54) is 0 Å². The van der Waals surface area contributed by atoms with Gasteiger partial charge in [0.15, 0.2) is 0 Å². The second-order valence-electron chi connectivity index (χ2n) is 5.84. The molecule has 0 unspecified atom stereocenters. The van der Waals surface area contributed by atoms with Crippen LogP contribution in [0.3, 0.4) is 0 Å². The molecule has 0 saturated carbocycles. The average Bonchev–Trinajstić information content (AvgIpc) is 2.43. The van der Waals surface area contributed by atoms with E-state index in [9.17, 15) is 22.8 Å². The van der Waals surface area contributed by atoms with Crippen LogP contribution in [0, 0.1) is 0 Å². The van der Waals surface area contributed by atoms with Gasteiger partial charge in [0.1, 0.15) is 11.6 Å². The van der Waals surface area contributed by atoms with Gasteiger partial charge in [-0.05, 0) is 26.3 Å². The number of ether oxygens (including phenoxy) is 2. The molecule has 24 heavy (non-hydrogen) atoms. The maximum absolute atomic E-state index is 12.4. The van der Waals surface area contributed by atoms with Crippen molar-refractivity contribution in [2.45, 2.75) is 45.0 Å². The minimum absolute atomic E-state index is 0.149. The van der Waals surface area contributed by atoms with Crippen LogP contribution < -0.4 is 5.32 Å². The van der Waals surface area contributed by atoms with Gasteiger partial charge in [0, 0.05) is 18.8 Å². The van der Waals surface area contributed by atoms with E-state index in [0.717, 1.165) is 19.5 Å². The van der Waals surface area contributed by atoms with Crippen LogP contribution in [-0.2, 0) is 26.9 Å². The highest BCUT2D eigenvalue weighted by Crippen LogP contribution is 2.25. The van der Waals surface area contributed by atoms with Crippen LogP contribution >= 0.6 is 0 Å². The molecule has 0 fully saturated rings. The van der Waals surface area contributed by atoms with Crippen LogP contribution in [0.25, 0.3) is 0 Å². The molecule has 1 aromatic heterocycles. The molecule has 0 saturated heterocycles. The number of carbonyl (C=O) groups excluding carboxylic acids is 2. The summed E-state index contributed by atoms with van der Waals surface area (Å²) in [5.74, 6) is -2.07. The number of alkyl halides is 3. The lowest BCUT2D eigenvalue weighted by Gasteiger charge is -2.22. The second kappa shape index (κ2) is 7.45. The Balaban J connectivity index is 2.83. The number of rotatable bonds is 4. The summed E-state index contributed by atoms with van der Waals surface area (Å²) in [4.78, 5) is 29.9. The van der Waals surface area contributed by atoms with Crippen molar-refractivity contribution in [3.63, 3.8) is 0 Å². The Morgan fingerprint density at radius 1 is 1.21 bits per heavy atom. The third-order valence-corrected chi connectivity index (χ3v) is 2.58. The standard InChI is InChI=1S/C14H18F3N3O4/c1-13(2,3)24-12(22)20-9(10(21)23-4)5-8-6-18-11(19-7-8)14(15,16)17/h6-7,9H,5H2,1-4H3,(H,20,22)/t9-/m0/s1.